The number of benzene rings is 2. The van der Waals surface area contributed by atoms with Crippen molar-refractivity contribution in [2.24, 2.45) is 11.3 Å². The molecule has 0 saturated heterocycles. The number of hydrogen-bond donors (Lipinski definition) is 2. The van der Waals surface area contributed by atoms with Crippen LogP contribution in [0.4, 0.5) is 0 Å². The zero-order valence-corrected chi connectivity index (χ0v) is 16.7. The molecule has 6 rings (SSSR count). The van der Waals surface area contributed by atoms with Crippen LogP contribution in [-0.4, -0.2) is 9.97 Å². The molecule has 2 unspecified atom stereocenters. The van der Waals surface area contributed by atoms with E-state index in [9.17, 15) is 0 Å². The Morgan fingerprint density at radius 2 is 1.64 bits per heavy atom. The second-order valence-corrected chi connectivity index (χ2v) is 9.50. The van der Waals surface area contributed by atoms with E-state index in [1.807, 2.05) is 0 Å². The van der Waals surface area contributed by atoms with Gasteiger partial charge in [0.1, 0.15) is 0 Å². The zero-order chi connectivity index (χ0) is 19.0. The number of aromatic nitrogens is 2. The molecule has 0 radical (unpaired) electrons. The topological polar surface area (TPSA) is 31.6 Å². The molecular weight excluding hydrogens is 340 g/mol. The summed E-state index contributed by atoms with van der Waals surface area (Å²) < 4.78 is 0. The molecule has 2 N–H and O–H groups in total. The van der Waals surface area contributed by atoms with Crippen LogP contribution >= 0.6 is 0 Å². The largest absolute Gasteiger partial charge is 0.361 e. The third-order valence-corrected chi connectivity index (χ3v) is 7.22. The lowest BCUT2D eigenvalue weighted by Gasteiger charge is -2.43. The first-order valence-corrected chi connectivity index (χ1v) is 10.4. The second-order valence-electron chi connectivity index (χ2n) is 9.50. The van der Waals surface area contributed by atoms with E-state index in [1.165, 1.54) is 50.6 Å². The van der Waals surface area contributed by atoms with Gasteiger partial charge < -0.3 is 9.97 Å². The van der Waals surface area contributed by atoms with Gasteiger partial charge in [0.2, 0.25) is 0 Å². The molecule has 2 aliphatic rings. The molecule has 4 aromatic rings. The van der Waals surface area contributed by atoms with Crippen molar-refractivity contribution in [2.45, 2.75) is 39.0 Å². The minimum atomic E-state index is 0.257. The summed E-state index contributed by atoms with van der Waals surface area (Å²) >= 11 is 0. The van der Waals surface area contributed by atoms with E-state index in [0.29, 0.717) is 17.8 Å². The Hall–Kier alpha value is -2.74. The Morgan fingerprint density at radius 1 is 0.929 bits per heavy atom. The highest BCUT2D eigenvalue weighted by molar-refractivity contribution is 5.89. The molecule has 2 nitrogen and oxygen atoms in total. The number of hydrogen-bond acceptors (Lipinski definition) is 0. The molecule has 0 fully saturated rings. The maximum Gasteiger partial charge on any atom is 0.0459 e. The average Bonchev–Trinajstić information content (AvgIpc) is 3.32. The molecule has 0 spiro atoms. The summed E-state index contributed by atoms with van der Waals surface area (Å²) in [5.74, 6) is 1.44. The van der Waals surface area contributed by atoms with E-state index in [2.05, 4.69) is 91.5 Å². The van der Waals surface area contributed by atoms with E-state index >= 15 is 0 Å². The lowest BCUT2D eigenvalue weighted by Crippen LogP contribution is -2.33. The molecule has 0 aliphatic heterocycles. The Bertz CT molecular complexity index is 1250. The van der Waals surface area contributed by atoms with E-state index in [-0.39, 0.29) is 5.41 Å². The fourth-order valence-corrected chi connectivity index (χ4v) is 6.38. The van der Waals surface area contributed by atoms with Crippen LogP contribution in [0.25, 0.3) is 21.8 Å². The van der Waals surface area contributed by atoms with Crippen molar-refractivity contribution in [3.8, 4) is 0 Å². The summed E-state index contributed by atoms with van der Waals surface area (Å²) in [4.78, 5) is 7.38. The number of H-pyrrole nitrogens is 2. The maximum absolute atomic E-state index is 3.84. The van der Waals surface area contributed by atoms with Crippen LogP contribution in [0.5, 0.6) is 0 Å². The second kappa shape index (κ2) is 5.41. The molecule has 2 aromatic carbocycles. The van der Waals surface area contributed by atoms with Crippen molar-refractivity contribution >= 4 is 21.8 Å². The summed E-state index contributed by atoms with van der Waals surface area (Å²) in [6.45, 7) is 7.25. The summed E-state index contributed by atoms with van der Waals surface area (Å²) in [5, 5.41) is 2.76. The number of para-hydroxylation sites is 2. The summed E-state index contributed by atoms with van der Waals surface area (Å²) in [7, 11) is 0. The fraction of sp³-hybridized carbons (Fsp3) is 0.308. The zero-order valence-electron chi connectivity index (χ0n) is 16.7. The van der Waals surface area contributed by atoms with Gasteiger partial charge in [-0.25, -0.2) is 0 Å². The monoisotopic (exact) mass is 366 g/mol. The SMILES string of the molecule is CC1=CC2c3c([nH]c4ccccc34)[C@H](c3c[nH]c4ccccc34)C2C(C)(C)C1. The molecule has 0 bridgehead atoms. The molecule has 2 heterocycles. The molecular formula is C26H26N2. The van der Waals surface area contributed by atoms with Crippen molar-refractivity contribution in [1.29, 1.82) is 0 Å². The lowest BCUT2D eigenvalue weighted by atomic mass is 9.61. The van der Waals surface area contributed by atoms with E-state index in [1.54, 1.807) is 0 Å². The molecule has 0 saturated carbocycles. The first-order valence-electron chi connectivity index (χ1n) is 10.4. The van der Waals surface area contributed by atoms with Gasteiger partial charge in [0, 0.05) is 45.5 Å². The Kier molecular flexibility index (Phi) is 3.14. The Balaban J connectivity index is 1.68. The van der Waals surface area contributed by atoms with Gasteiger partial charge in [-0.15, -0.1) is 0 Å². The minimum Gasteiger partial charge on any atom is -0.361 e. The van der Waals surface area contributed by atoms with Crippen molar-refractivity contribution in [2.75, 3.05) is 0 Å². The third kappa shape index (κ3) is 2.03. The van der Waals surface area contributed by atoms with E-state index in [0.717, 1.165) is 0 Å². The lowest BCUT2D eigenvalue weighted by molar-refractivity contribution is 0.173. The predicted molar refractivity (Wildman–Crippen MR) is 117 cm³/mol. The van der Waals surface area contributed by atoms with Crippen LogP contribution in [0.3, 0.4) is 0 Å². The number of fused-ring (bicyclic) bond motifs is 6. The van der Waals surface area contributed by atoms with Crippen LogP contribution in [0.15, 0.2) is 66.4 Å². The number of rotatable bonds is 1. The standard InChI is InChI=1S/C26H26N2/c1-15-12-18-22-17-9-5-7-11-21(17)28-25(22)23(24(18)26(2,3)13-15)19-14-27-20-10-6-4-8-16(19)20/h4-12,14,18,23-24,27-28H,13H2,1-3H3/t18?,23-,24?/m1/s1. The van der Waals surface area contributed by atoms with Crippen molar-refractivity contribution in [3.63, 3.8) is 0 Å². The van der Waals surface area contributed by atoms with Gasteiger partial charge in [0.05, 0.1) is 0 Å². The highest BCUT2D eigenvalue weighted by atomic mass is 14.8. The first kappa shape index (κ1) is 16.2. The smallest absolute Gasteiger partial charge is 0.0459 e. The molecule has 2 heteroatoms. The highest BCUT2D eigenvalue weighted by Gasteiger charge is 2.51. The fourth-order valence-electron chi connectivity index (χ4n) is 6.38. The molecule has 3 atom stereocenters. The molecule has 2 aromatic heterocycles. The van der Waals surface area contributed by atoms with E-state index in [4.69, 9.17) is 0 Å². The minimum absolute atomic E-state index is 0.257. The van der Waals surface area contributed by atoms with Crippen LogP contribution in [0, 0.1) is 11.3 Å². The molecule has 28 heavy (non-hydrogen) atoms. The summed E-state index contributed by atoms with van der Waals surface area (Å²) in [6, 6.07) is 17.6. The van der Waals surface area contributed by atoms with Gasteiger partial charge in [-0.05, 0) is 47.9 Å². The molecule has 0 amide bonds. The van der Waals surface area contributed by atoms with Crippen LogP contribution in [0.2, 0.25) is 0 Å². The van der Waals surface area contributed by atoms with Crippen molar-refractivity contribution in [1.82, 2.24) is 9.97 Å². The van der Waals surface area contributed by atoms with Gasteiger partial charge in [0.15, 0.2) is 0 Å². The maximum atomic E-state index is 3.84. The van der Waals surface area contributed by atoms with E-state index < -0.39 is 0 Å². The number of aromatic amines is 2. The van der Waals surface area contributed by atoms with Gasteiger partial charge in [0.25, 0.3) is 0 Å². The quantitative estimate of drug-likeness (QED) is 0.344. The van der Waals surface area contributed by atoms with Gasteiger partial charge in [-0.3, -0.25) is 0 Å². The van der Waals surface area contributed by atoms with Gasteiger partial charge in [-0.1, -0.05) is 61.9 Å². The number of nitrogens with one attached hydrogen (secondary N) is 2. The van der Waals surface area contributed by atoms with Crippen molar-refractivity contribution in [3.05, 3.63) is 83.2 Å². The normalized spacial score (nSPS) is 25.7. The summed E-state index contributed by atoms with van der Waals surface area (Å²) in [6.07, 6.45) is 5.99. The van der Waals surface area contributed by atoms with Crippen molar-refractivity contribution < 1.29 is 0 Å². The Labute approximate surface area is 165 Å². The van der Waals surface area contributed by atoms with Gasteiger partial charge >= 0.3 is 0 Å². The van der Waals surface area contributed by atoms with Crippen LogP contribution < -0.4 is 0 Å². The summed E-state index contributed by atoms with van der Waals surface area (Å²) in [5.41, 5.74) is 8.69. The predicted octanol–water partition coefficient (Wildman–Crippen LogP) is 6.87. The molecule has 140 valence electrons. The van der Waals surface area contributed by atoms with Crippen LogP contribution in [-0.2, 0) is 0 Å². The van der Waals surface area contributed by atoms with Gasteiger partial charge in [-0.2, -0.15) is 0 Å². The third-order valence-electron chi connectivity index (χ3n) is 7.22. The molecule has 2 aliphatic carbocycles. The van der Waals surface area contributed by atoms with Crippen LogP contribution in [0.1, 0.15) is 55.8 Å². The number of allylic oxidation sites excluding steroid dienone is 2. The highest BCUT2D eigenvalue weighted by Crippen LogP contribution is 2.62. The Morgan fingerprint density at radius 3 is 2.46 bits per heavy atom. The first-order chi connectivity index (χ1) is 13.5. The average molecular weight is 367 g/mol.